The first-order chi connectivity index (χ1) is 13.6. The van der Waals surface area contributed by atoms with Gasteiger partial charge in [-0.25, -0.2) is 0 Å². The van der Waals surface area contributed by atoms with Gasteiger partial charge in [0.15, 0.2) is 11.5 Å². The Morgan fingerprint density at radius 2 is 1.86 bits per heavy atom. The first-order valence-electron chi connectivity index (χ1n) is 8.51. The highest BCUT2D eigenvalue weighted by atomic mass is 35.5. The normalized spacial score (nSPS) is 17.1. The molecule has 3 heterocycles. The zero-order valence-electron chi connectivity index (χ0n) is 14.4. The molecule has 0 spiro atoms. The molecule has 1 atom stereocenters. The SMILES string of the molecule is N#CC1=C(N)Oc2cc3c(cc2C1c1ccc(-c2cccc(Cl)c2)o1)OCO3. The van der Waals surface area contributed by atoms with E-state index in [1.807, 2.05) is 30.3 Å². The summed E-state index contributed by atoms with van der Waals surface area (Å²) in [6.07, 6.45) is 0. The molecule has 28 heavy (non-hydrogen) atoms. The average molecular weight is 393 g/mol. The number of nitrogens with two attached hydrogens (primary N) is 1. The van der Waals surface area contributed by atoms with Gasteiger partial charge in [0.2, 0.25) is 12.7 Å². The van der Waals surface area contributed by atoms with Crippen LogP contribution in [0.25, 0.3) is 11.3 Å². The third-order valence-corrected chi connectivity index (χ3v) is 4.97. The third kappa shape index (κ3) is 2.56. The van der Waals surface area contributed by atoms with Crippen molar-refractivity contribution in [2.24, 2.45) is 5.73 Å². The van der Waals surface area contributed by atoms with Crippen molar-refractivity contribution in [2.45, 2.75) is 5.92 Å². The van der Waals surface area contributed by atoms with E-state index < -0.39 is 5.92 Å². The second-order valence-corrected chi connectivity index (χ2v) is 6.82. The van der Waals surface area contributed by atoms with E-state index in [0.717, 1.165) is 11.1 Å². The predicted molar refractivity (Wildman–Crippen MR) is 101 cm³/mol. The van der Waals surface area contributed by atoms with E-state index in [2.05, 4.69) is 6.07 Å². The summed E-state index contributed by atoms with van der Waals surface area (Å²) in [5.41, 5.74) is 7.86. The van der Waals surface area contributed by atoms with Gasteiger partial charge in [-0.2, -0.15) is 5.26 Å². The second kappa shape index (κ2) is 6.25. The van der Waals surface area contributed by atoms with Crippen molar-refractivity contribution in [3.63, 3.8) is 0 Å². The van der Waals surface area contributed by atoms with E-state index in [1.165, 1.54) is 0 Å². The molecule has 1 unspecified atom stereocenters. The Bertz CT molecular complexity index is 1180. The van der Waals surface area contributed by atoms with Crippen molar-refractivity contribution in [3.05, 3.63) is 76.3 Å². The van der Waals surface area contributed by atoms with Crippen molar-refractivity contribution in [3.8, 4) is 34.6 Å². The minimum Gasteiger partial charge on any atom is -0.460 e. The van der Waals surface area contributed by atoms with Gasteiger partial charge < -0.3 is 24.4 Å². The first-order valence-corrected chi connectivity index (χ1v) is 8.88. The number of nitrogens with zero attached hydrogens (tertiary/aromatic N) is 1. The topological polar surface area (TPSA) is 90.6 Å². The predicted octanol–water partition coefficient (Wildman–Crippen LogP) is 4.55. The lowest BCUT2D eigenvalue weighted by molar-refractivity contribution is 0.174. The quantitative estimate of drug-likeness (QED) is 0.688. The van der Waals surface area contributed by atoms with Crippen LogP contribution in [0.4, 0.5) is 0 Å². The Kier molecular flexibility index (Phi) is 3.71. The molecule has 5 rings (SSSR count). The van der Waals surface area contributed by atoms with Crippen molar-refractivity contribution in [1.82, 2.24) is 0 Å². The van der Waals surface area contributed by atoms with Gasteiger partial charge in [-0.3, -0.25) is 0 Å². The molecule has 0 fully saturated rings. The lowest BCUT2D eigenvalue weighted by Crippen LogP contribution is -2.20. The highest BCUT2D eigenvalue weighted by Gasteiger charge is 2.35. The highest BCUT2D eigenvalue weighted by molar-refractivity contribution is 6.30. The Morgan fingerprint density at radius 3 is 2.64 bits per heavy atom. The fourth-order valence-corrected chi connectivity index (χ4v) is 3.63. The Labute approximate surface area is 165 Å². The van der Waals surface area contributed by atoms with Crippen molar-refractivity contribution in [2.75, 3.05) is 6.79 Å². The average Bonchev–Trinajstić information content (AvgIpc) is 3.34. The third-order valence-electron chi connectivity index (χ3n) is 4.73. The summed E-state index contributed by atoms with van der Waals surface area (Å²) in [6.45, 7) is 0.135. The number of hydrogen-bond acceptors (Lipinski definition) is 6. The number of nitriles is 1. The molecule has 2 N–H and O–H groups in total. The van der Waals surface area contributed by atoms with Gasteiger partial charge in [-0.15, -0.1) is 0 Å². The summed E-state index contributed by atoms with van der Waals surface area (Å²) in [5, 5.41) is 10.3. The number of furan rings is 1. The van der Waals surface area contributed by atoms with Crippen LogP contribution in [0.5, 0.6) is 17.2 Å². The molecule has 6 nitrogen and oxygen atoms in total. The van der Waals surface area contributed by atoms with Crippen LogP contribution in [0, 0.1) is 11.3 Å². The first kappa shape index (κ1) is 16.6. The molecular formula is C21H13ClN2O4. The van der Waals surface area contributed by atoms with Gasteiger partial charge in [-0.05, 0) is 30.3 Å². The maximum absolute atomic E-state index is 9.69. The van der Waals surface area contributed by atoms with Gasteiger partial charge in [0.05, 0.1) is 5.92 Å². The van der Waals surface area contributed by atoms with Crippen LogP contribution in [0.1, 0.15) is 17.2 Å². The van der Waals surface area contributed by atoms with Crippen molar-refractivity contribution in [1.29, 1.82) is 5.26 Å². The molecule has 0 saturated heterocycles. The fourth-order valence-electron chi connectivity index (χ4n) is 3.44. The van der Waals surface area contributed by atoms with E-state index >= 15 is 0 Å². The molecule has 0 radical (unpaired) electrons. The van der Waals surface area contributed by atoms with E-state index in [9.17, 15) is 5.26 Å². The van der Waals surface area contributed by atoms with Gasteiger partial charge >= 0.3 is 0 Å². The van der Waals surface area contributed by atoms with Crippen LogP contribution in [-0.2, 0) is 0 Å². The van der Waals surface area contributed by atoms with Gasteiger partial charge in [0.25, 0.3) is 0 Å². The maximum atomic E-state index is 9.69. The molecule has 138 valence electrons. The van der Waals surface area contributed by atoms with E-state index in [0.29, 0.717) is 33.8 Å². The summed E-state index contributed by atoms with van der Waals surface area (Å²) in [7, 11) is 0. The smallest absolute Gasteiger partial charge is 0.231 e. The second-order valence-electron chi connectivity index (χ2n) is 6.38. The Hall–Kier alpha value is -3.56. The van der Waals surface area contributed by atoms with Gasteiger partial charge in [-0.1, -0.05) is 23.7 Å². The fraction of sp³-hybridized carbons (Fsp3) is 0.0952. The van der Waals surface area contributed by atoms with Crippen molar-refractivity contribution >= 4 is 11.6 Å². The maximum Gasteiger partial charge on any atom is 0.231 e. The number of fused-ring (bicyclic) bond motifs is 2. The minimum absolute atomic E-state index is 0.0413. The number of benzene rings is 2. The van der Waals surface area contributed by atoms with Crippen molar-refractivity contribution < 1.29 is 18.6 Å². The van der Waals surface area contributed by atoms with Crippen LogP contribution in [-0.4, -0.2) is 6.79 Å². The van der Waals surface area contributed by atoms with Crippen LogP contribution < -0.4 is 19.9 Å². The molecule has 1 aromatic heterocycles. The molecule has 7 heteroatoms. The molecule has 0 aliphatic carbocycles. The van der Waals surface area contributed by atoms with E-state index in [1.54, 1.807) is 18.2 Å². The number of ether oxygens (including phenoxy) is 3. The lowest BCUT2D eigenvalue weighted by atomic mass is 9.87. The molecule has 2 aliphatic rings. The number of allylic oxidation sites excluding steroid dienone is 1. The number of rotatable bonds is 2. The zero-order valence-corrected chi connectivity index (χ0v) is 15.2. The Morgan fingerprint density at radius 1 is 1.04 bits per heavy atom. The van der Waals surface area contributed by atoms with Crippen LogP contribution >= 0.6 is 11.6 Å². The summed E-state index contributed by atoms with van der Waals surface area (Å²) in [6, 6.07) is 16.7. The molecule has 2 aromatic carbocycles. The lowest BCUT2D eigenvalue weighted by Gasteiger charge is -2.25. The van der Waals surface area contributed by atoms with Crippen LogP contribution in [0.15, 0.2) is 64.4 Å². The standard InChI is InChI=1S/C21H13ClN2O4/c22-12-3-1-2-11(6-12)15-4-5-16(27-15)20-13-7-18-19(26-10-25-18)8-17(13)28-21(24)14(20)9-23/h1-8,20H,10,24H2. The number of hydrogen-bond donors (Lipinski definition) is 1. The number of halogens is 1. The van der Waals surface area contributed by atoms with E-state index in [4.69, 9.17) is 36.0 Å². The Balaban J connectivity index is 1.64. The molecule has 3 aromatic rings. The minimum atomic E-state index is -0.517. The van der Waals surface area contributed by atoms with E-state index in [-0.39, 0.29) is 18.2 Å². The summed E-state index contributed by atoms with van der Waals surface area (Å²) >= 11 is 6.09. The molecule has 2 aliphatic heterocycles. The molecule has 0 amide bonds. The van der Waals surface area contributed by atoms with Gasteiger partial charge in [0, 0.05) is 22.2 Å². The van der Waals surface area contributed by atoms with Gasteiger partial charge in [0.1, 0.15) is 28.9 Å². The molecular weight excluding hydrogens is 380 g/mol. The largest absolute Gasteiger partial charge is 0.460 e. The molecule has 0 bridgehead atoms. The monoisotopic (exact) mass is 392 g/mol. The molecule has 0 saturated carbocycles. The summed E-state index contributed by atoms with van der Waals surface area (Å²) in [4.78, 5) is 0. The highest BCUT2D eigenvalue weighted by Crippen LogP contribution is 2.48. The zero-order chi connectivity index (χ0) is 19.3. The summed E-state index contributed by atoms with van der Waals surface area (Å²) in [5.74, 6) is 2.40. The van der Waals surface area contributed by atoms with Crippen LogP contribution in [0.3, 0.4) is 0 Å². The summed E-state index contributed by atoms with van der Waals surface area (Å²) < 4.78 is 22.6. The van der Waals surface area contributed by atoms with Crippen LogP contribution in [0.2, 0.25) is 5.02 Å².